The van der Waals surface area contributed by atoms with Gasteiger partial charge in [-0.25, -0.2) is 4.79 Å². The Bertz CT molecular complexity index is 421. The Balaban J connectivity index is 2.26. The average molecular weight is 286 g/mol. The van der Waals surface area contributed by atoms with E-state index in [2.05, 4.69) is 13.8 Å². The molecule has 5 heteroatoms. The van der Waals surface area contributed by atoms with Crippen molar-refractivity contribution in [3.05, 3.63) is 28.8 Å². The topological polar surface area (TPSA) is 61.5 Å². The zero-order valence-corrected chi connectivity index (χ0v) is 12.1. The van der Waals surface area contributed by atoms with E-state index in [1.807, 2.05) is 0 Å². The Kier molecular flexibility index (Phi) is 6.67. The number of carbonyl (C=O) groups excluding carboxylic acids is 1. The van der Waals surface area contributed by atoms with Gasteiger partial charge in [0.1, 0.15) is 6.61 Å². The third kappa shape index (κ3) is 5.94. The van der Waals surface area contributed by atoms with Crippen LogP contribution in [0, 0.1) is 5.92 Å². The smallest absolute Gasteiger partial charge is 0.338 e. The van der Waals surface area contributed by atoms with E-state index < -0.39 is 5.97 Å². The number of ether oxygens (including phenoxy) is 2. The summed E-state index contributed by atoms with van der Waals surface area (Å²) < 4.78 is 10.4. The van der Waals surface area contributed by atoms with E-state index in [4.69, 9.17) is 26.8 Å². The van der Waals surface area contributed by atoms with E-state index >= 15 is 0 Å². The Labute approximate surface area is 118 Å². The fraction of sp³-hybridized carbons (Fsp3) is 0.500. The molecule has 2 N–H and O–H groups in total. The molecular formula is C14H20ClNO3. The summed E-state index contributed by atoms with van der Waals surface area (Å²) in [6.07, 6.45) is 1.00. The first kappa shape index (κ1) is 15.8. The van der Waals surface area contributed by atoms with Crippen LogP contribution in [0.3, 0.4) is 0 Å². The minimum absolute atomic E-state index is 0.235. The number of esters is 1. The van der Waals surface area contributed by atoms with E-state index in [1.54, 1.807) is 12.1 Å². The van der Waals surface area contributed by atoms with Gasteiger partial charge in [-0.15, -0.1) is 0 Å². The first-order chi connectivity index (χ1) is 9.00. The Morgan fingerprint density at radius 3 is 2.68 bits per heavy atom. The number of nitrogens with two attached hydrogens (primary N) is 1. The first-order valence-electron chi connectivity index (χ1n) is 6.30. The highest BCUT2D eigenvalue weighted by Crippen LogP contribution is 2.20. The summed E-state index contributed by atoms with van der Waals surface area (Å²) in [6, 6.07) is 4.67. The van der Waals surface area contributed by atoms with Gasteiger partial charge in [-0.1, -0.05) is 25.4 Å². The van der Waals surface area contributed by atoms with Gasteiger partial charge in [0.2, 0.25) is 0 Å². The van der Waals surface area contributed by atoms with Gasteiger partial charge in [0.15, 0.2) is 0 Å². The zero-order valence-electron chi connectivity index (χ0n) is 11.3. The third-order valence-corrected chi connectivity index (χ3v) is 2.86. The average Bonchev–Trinajstić information content (AvgIpc) is 2.36. The predicted octanol–water partition coefficient (Wildman–Crippen LogP) is 3.14. The van der Waals surface area contributed by atoms with Crippen LogP contribution in [-0.4, -0.2) is 25.8 Å². The maximum absolute atomic E-state index is 11.7. The van der Waals surface area contributed by atoms with E-state index in [0.29, 0.717) is 35.4 Å². The number of anilines is 1. The SMILES string of the molecule is CC(C)CCOCCOC(=O)c1ccc(N)c(Cl)c1. The van der Waals surface area contributed by atoms with Crippen LogP contribution in [-0.2, 0) is 9.47 Å². The molecule has 1 aromatic carbocycles. The lowest BCUT2D eigenvalue weighted by atomic mass is 10.1. The fourth-order valence-electron chi connectivity index (χ4n) is 1.35. The maximum Gasteiger partial charge on any atom is 0.338 e. The number of halogens is 1. The van der Waals surface area contributed by atoms with Crippen LogP contribution in [0.5, 0.6) is 0 Å². The molecule has 1 aromatic rings. The number of hydrogen-bond donors (Lipinski definition) is 1. The molecule has 0 bridgehead atoms. The van der Waals surface area contributed by atoms with E-state index in [-0.39, 0.29) is 6.61 Å². The molecule has 0 aliphatic carbocycles. The van der Waals surface area contributed by atoms with Crippen molar-refractivity contribution in [1.29, 1.82) is 0 Å². The molecule has 0 aromatic heterocycles. The minimum Gasteiger partial charge on any atom is -0.460 e. The van der Waals surface area contributed by atoms with Gasteiger partial charge >= 0.3 is 5.97 Å². The van der Waals surface area contributed by atoms with Crippen molar-refractivity contribution >= 4 is 23.3 Å². The Hall–Kier alpha value is -1.26. The summed E-state index contributed by atoms with van der Waals surface area (Å²) in [5.74, 6) is 0.189. The second-order valence-electron chi connectivity index (χ2n) is 4.67. The molecular weight excluding hydrogens is 266 g/mol. The van der Waals surface area contributed by atoms with Crippen LogP contribution in [0.1, 0.15) is 30.6 Å². The van der Waals surface area contributed by atoms with Crippen LogP contribution in [0.2, 0.25) is 5.02 Å². The molecule has 0 radical (unpaired) electrons. The molecule has 0 spiro atoms. The summed E-state index contributed by atoms with van der Waals surface area (Å²) in [4.78, 5) is 11.7. The van der Waals surface area contributed by atoms with Gasteiger partial charge in [-0.3, -0.25) is 0 Å². The highest BCUT2D eigenvalue weighted by molar-refractivity contribution is 6.33. The monoisotopic (exact) mass is 285 g/mol. The predicted molar refractivity (Wildman–Crippen MR) is 76.4 cm³/mol. The number of benzene rings is 1. The molecule has 0 saturated heterocycles. The van der Waals surface area contributed by atoms with Crippen molar-refractivity contribution in [2.24, 2.45) is 5.92 Å². The summed E-state index contributed by atoms with van der Waals surface area (Å²) in [6.45, 7) is 5.59. The van der Waals surface area contributed by atoms with Crippen LogP contribution in [0.15, 0.2) is 18.2 Å². The maximum atomic E-state index is 11.7. The standard InChI is InChI=1S/C14H20ClNO3/c1-10(2)5-6-18-7-8-19-14(17)11-3-4-13(16)12(15)9-11/h3-4,9-10H,5-8,16H2,1-2H3. The van der Waals surface area contributed by atoms with Crippen molar-refractivity contribution in [2.75, 3.05) is 25.6 Å². The molecule has 0 saturated carbocycles. The van der Waals surface area contributed by atoms with Crippen molar-refractivity contribution in [2.45, 2.75) is 20.3 Å². The molecule has 1 rings (SSSR count). The lowest BCUT2D eigenvalue weighted by Crippen LogP contribution is -2.12. The molecule has 0 heterocycles. The van der Waals surface area contributed by atoms with Gasteiger partial charge in [0.05, 0.1) is 22.9 Å². The zero-order chi connectivity index (χ0) is 14.3. The minimum atomic E-state index is -0.422. The van der Waals surface area contributed by atoms with Crippen molar-refractivity contribution < 1.29 is 14.3 Å². The molecule has 0 atom stereocenters. The van der Waals surface area contributed by atoms with Gasteiger partial charge in [-0.05, 0) is 30.5 Å². The van der Waals surface area contributed by atoms with Gasteiger partial charge in [-0.2, -0.15) is 0 Å². The summed E-state index contributed by atoms with van der Waals surface area (Å²) in [5, 5.41) is 0.350. The second-order valence-corrected chi connectivity index (χ2v) is 5.07. The number of nitrogen functional groups attached to an aromatic ring is 1. The highest BCUT2D eigenvalue weighted by atomic mass is 35.5. The third-order valence-electron chi connectivity index (χ3n) is 2.54. The van der Waals surface area contributed by atoms with Crippen molar-refractivity contribution in [3.8, 4) is 0 Å². The van der Waals surface area contributed by atoms with E-state index in [1.165, 1.54) is 6.07 Å². The van der Waals surface area contributed by atoms with Crippen molar-refractivity contribution in [3.63, 3.8) is 0 Å². The number of rotatable bonds is 7. The van der Waals surface area contributed by atoms with Crippen LogP contribution < -0.4 is 5.73 Å². The van der Waals surface area contributed by atoms with E-state index in [0.717, 1.165) is 6.42 Å². The Morgan fingerprint density at radius 1 is 1.32 bits per heavy atom. The number of carbonyl (C=O) groups is 1. The van der Waals surface area contributed by atoms with Crippen LogP contribution in [0.25, 0.3) is 0 Å². The molecule has 0 amide bonds. The van der Waals surface area contributed by atoms with Crippen LogP contribution >= 0.6 is 11.6 Å². The second kappa shape index (κ2) is 8.02. The van der Waals surface area contributed by atoms with Gasteiger partial charge < -0.3 is 15.2 Å². The van der Waals surface area contributed by atoms with Gasteiger partial charge in [0, 0.05) is 6.61 Å². The molecule has 106 valence electrons. The van der Waals surface area contributed by atoms with Crippen molar-refractivity contribution in [1.82, 2.24) is 0 Å². The van der Waals surface area contributed by atoms with E-state index in [9.17, 15) is 4.79 Å². The number of hydrogen-bond acceptors (Lipinski definition) is 4. The molecule has 19 heavy (non-hydrogen) atoms. The molecule has 0 fully saturated rings. The Morgan fingerprint density at radius 2 is 2.05 bits per heavy atom. The van der Waals surface area contributed by atoms with Gasteiger partial charge in [0.25, 0.3) is 0 Å². The normalized spacial score (nSPS) is 10.7. The van der Waals surface area contributed by atoms with Crippen LogP contribution in [0.4, 0.5) is 5.69 Å². The lowest BCUT2D eigenvalue weighted by molar-refractivity contribution is 0.0303. The fourth-order valence-corrected chi connectivity index (χ4v) is 1.53. The highest BCUT2D eigenvalue weighted by Gasteiger charge is 2.08. The first-order valence-corrected chi connectivity index (χ1v) is 6.68. The quantitative estimate of drug-likeness (QED) is 0.475. The molecule has 0 unspecified atom stereocenters. The molecule has 4 nitrogen and oxygen atoms in total. The molecule has 0 aliphatic heterocycles. The summed E-state index contributed by atoms with van der Waals surface area (Å²) in [5.41, 5.74) is 6.39. The largest absolute Gasteiger partial charge is 0.460 e. The summed E-state index contributed by atoms with van der Waals surface area (Å²) in [7, 11) is 0. The molecule has 0 aliphatic rings. The summed E-state index contributed by atoms with van der Waals surface area (Å²) >= 11 is 5.83. The lowest BCUT2D eigenvalue weighted by Gasteiger charge is -2.08.